The molecule has 106 valence electrons. The summed E-state index contributed by atoms with van der Waals surface area (Å²) in [6, 6.07) is 5.87. The van der Waals surface area contributed by atoms with Gasteiger partial charge in [0.15, 0.2) is 0 Å². The fourth-order valence-electron chi connectivity index (χ4n) is 1.63. The summed E-state index contributed by atoms with van der Waals surface area (Å²) in [4.78, 5) is 9.47. The van der Waals surface area contributed by atoms with Crippen molar-refractivity contribution in [1.82, 2.24) is 15.3 Å². The van der Waals surface area contributed by atoms with E-state index in [-0.39, 0.29) is 0 Å². The molecule has 0 saturated heterocycles. The van der Waals surface area contributed by atoms with E-state index in [1.165, 1.54) is 0 Å². The Morgan fingerprint density at radius 2 is 2.25 bits per heavy atom. The number of hydrogen-bond acceptors (Lipinski definition) is 5. The number of nitrogens with one attached hydrogen (secondary N) is 1. The summed E-state index contributed by atoms with van der Waals surface area (Å²) in [5, 5.41) is 4.92. The Bertz CT molecular complexity index is 539. The van der Waals surface area contributed by atoms with E-state index in [0.717, 1.165) is 33.6 Å². The molecule has 0 bridgehead atoms. The second kappa shape index (κ2) is 8.21. The lowest BCUT2D eigenvalue weighted by molar-refractivity contribution is 0.199. The Morgan fingerprint density at radius 3 is 3.00 bits per heavy atom. The van der Waals surface area contributed by atoms with E-state index in [9.17, 15) is 0 Å². The molecule has 2 aromatic rings. The van der Waals surface area contributed by atoms with Crippen molar-refractivity contribution in [3.8, 4) is 0 Å². The van der Waals surface area contributed by atoms with Crippen molar-refractivity contribution in [2.75, 3.05) is 20.3 Å². The van der Waals surface area contributed by atoms with Gasteiger partial charge in [-0.05, 0) is 23.8 Å². The molecular weight excluding hydrogens is 294 g/mol. The van der Waals surface area contributed by atoms with Crippen LogP contribution in [0.4, 0.5) is 0 Å². The fourth-order valence-corrected chi connectivity index (χ4v) is 2.68. The van der Waals surface area contributed by atoms with Crippen molar-refractivity contribution in [1.29, 1.82) is 0 Å². The van der Waals surface area contributed by atoms with Gasteiger partial charge in [-0.2, -0.15) is 0 Å². The highest BCUT2D eigenvalue weighted by Crippen LogP contribution is 2.30. The fraction of sp³-hybridized carbons (Fsp3) is 0.286. The molecule has 0 aliphatic rings. The number of halogens is 1. The quantitative estimate of drug-likeness (QED) is 0.797. The van der Waals surface area contributed by atoms with Gasteiger partial charge in [-0.1, -0.05) is 23.4 Å². The van der Waals surface area contributed by atoms with Crippen molar-refractivity contribution in [3.63, 3.8) is 0 Å². The maximum atomic E-state index is 6.07. The first-order valence-electron chi connectivity index (χ1n) is 6.21. The van der Waals surface area contributed by atoms with Gasteiger partial charge in [-0.25, -0.2) is 4.98 Å². The SMILES string of the molecule is COCCNCc1cc(Cl)ccc1Sc1cnccn1. The predicted octanol–water partition coefficient (Wildman–Crippen LogP) is 3.02. The summed E-state index contributed by atoms with van der Waals surface area (Å²) in [6.07, 6.45) is 5.11. The molecule has 2 rings (SSSR count). The number of aromatic nitrogens is 2. The van der Waals surface area contributed by atoms with E-state index in [2.05, 4.69) is 15.3 Å². The van der Waals surface area contributed by atoms with Crippen LogP contribution in [0, 0.1) is 0 Å². The Balaban J connectivity index is 2.07. The molecular formula is C14H16ClN3OS. The number of nitrogens with zero attached hydrogens (tertiary/aromatic N) is 2. The Kier molecular flexibility index (Phi) is 6.26. The Labute approximate surface area is 127 Å². The maximum Gasteiger partial charge on any atom is 0.119 e. The number of hydrogen-bond donors (Lipinski definition) is 1. The molecule has 1 N–H and O–H groups in total. The molecule has 0 radical (unpaired) electrons. The second-order valence-electron chi connectivity index (χ2n) is 4.07. The van der Waals surface area contributed by atoms with E-state index in [1.54, 1.807) is 37.5 Å². The summed E-state index contributed by atoms with van der Waals surface area (Å²) in [5.41, 5.74) is 1.14. The standard InChI is InChI=1S/C14H16ClN3OS/c1-19-7-6-17-9-11-8-12(15)2-3-13(11)20-14-10-16-4-5-18-14/h2-5,8,10,17H,6-7,9H2,1H3. The summed E-state index contributed by atoms with van der Waals surface area (Å²) in [5.74, 6) is 0. The Hall–Kier alpha value is -1.14. The molecule has 0 fully saturated rings. The molecule has 0 unspecified atom stereocenters. The molecule has 1 heterocycles. The van der Waals surface area contributed by atoms with Gasteiger partial charge in [0.05, 0.1) is 12.8 Å². The van der Waals surface area contributed by atoms with Crippen molar-refractivity contribution in [2.45, 2.75) is 16.5 Å². The van der Waals surface area contributed by atoms with Crippen molar-refractivity contribution in [3.05, 3.63) is 47.4 Å². The smallest absolute Gasteiger partial charge is 0.119 e. The summed E-state index contributed by atoms with van der Waals surface area (Å²) in [7, 11) is 1.69. The molecule has 0 saturated carbocycles. The minimum Gasteiger partial charge on any atom is -0.383 e. The molecule has 4 nitrogen and oxygen atoms in total. The lowest BCUT2D eigenvalue weighted by atomic mass is 10.2. The van der Waals surface area contributed by atoms with Gasteiger partial charge in [0.25, 0.3) is 0 Å². The van der Waals surface area contributed by atoms with E-state index in [0.29, 0.717) is 6.61 Å². The minimum absolute atomic E-state index is 0.688. The average molecular weight is 310 g/mol. The molecule has 1 aromatic carbocycles. The van der Waals surface area contributed by atoms with Crippen molar-refractivity contribution in [2.24, 2.45) is 0 Å². The largest absolute Gasteiger partial charge is 0.383 e. The Morgan fingerprint density at radius 1 is 1.35 bits per heavy atom. The molecule has 6 heteroatoms. The summed E-state index contributed by atoms with van der Waals surface area (Å²) >= 11 is 7.65. The van der Waals surface area contributed by atoms with Gasteiger partial charge in [-0.15, -0.1) is 0 Å². The lowest BCUT2D eigenvalue weighted by Gasteiger charge is -2.10. The first kappa shape index (κ1) is 15.3. The highest BCUT2D eigenvalue weighted by molar-refractivity contribution is 7.99. The third-order valence-electron chi connectivity index (χ3n) is 2.57. The van der Waals surface area contributed by atoms with Crippen LogP contribution in [-0.2, 0) is 11.3 Å². The van der Waals surface area contributed by atoms with Gasteiger partial charge in [0.1, 0.15) is 5.03 Å². The number of ether oxygens (including phenoxy) is 1. The zero-order valence-corrected chi connectivity index (χ0v) is 12.7. The predicted molar refractivity (Wildman–Crippen MR) is 81.2 cm³/mol. The highest BCUT2D eigenvalue weighted by Gasteiger charge is 2.06. The van der Waals surface area contributed by atoms with Crippen LogP contribution >= 0.6 is 23.4 Å². The zero-order valence-electron chi connectivity index (χ0n) is 11.2. The molecule has 0 atom stereocenters. The highest BCUT2D eigenvalue weighted by atomic mass is 35.5. The number of methoxy groups -OCH3 is 1. The molecule has 0 amide bonds. The van der Waals surface area contributed by atoms with Crippen LogP contribution in [-0.4, -0.2) is 30.2 Å². The number of benzene rings is 1. The van der Waals surface area contributed by atoms with Crippen molar-refractivity contribution < 1.29 is 4.74 Å². The van der Waals surface area contributed by atoms with E-state index >= 15 is 0 Å². The van der Waals surface area contributed by atoms with Gasteiger partial charge in [0.2, 0.25) is 0 Å². The van der Waals surface area contributed by atoms with Crippen LogP contribution in [0.2, 0.25) is 5.02 Å². The molecule has 0 aliphatic heterocycles. The van der Waals surface area contributed by atoms with Gasteiger partial charge in [-0.3, -0.25) is 4.98 Å². The van der Waals surface area contributed by atoms with Crippen LogP contribution in [0.15, 0.2) is 46.7 Å². The summed E-state index contributed by atoms with van der Waals surface area (Å²) in [6.45, 7) is 2.23. The maximum absolute atomic E-state index is 6.07. The van der Waals surface area contributed by atoms with E-state index < -0.39 is 0 Å². The van der Waals surface area contributed by atoms with E-state index in [1.807, 2.05) is 18.2 Å². The van der Waals surface area contributed by atoms with Crippen LogP contribution < -0.4 is 5.32 Å². The van der Waals surface area contributed by atoms with Gasteiger partial charge < -0.3 is 10.1 Å². The van der Waals surface area contributed by atoms with Crippen molar-refractivity contribution >= 4 is 23.4 Å². The normalized spacial score (nSPS) is 10.7. The van der Waals surface area contributed by atoms with Gasteiger partial charge >= 0.3 is 0 Å². The zero-order chi connectivity index (χ0) is 14.2. The first-order chi connectivity index (χ1) is 9.79. The third kappa shape index (κ3) is 4.76. The summed E-state index contributed by atoms with van der Waals surface area (Å²) < 4.78 is 5.02. The van der Waals surface area contributed by atoms with Gasteiger partial charge in [0, 0.05) is 42.5 Å². The first-order valence-corrected chi connectivity index (χ1v) is 7.41. The molecule has 0 spiro atoms. The number of rotatable bonds is 7. The van der Waals surface area contributed by atoms with Crippen LogP contribution in [0.3, 0.4) is 0 Å². The van der Waals surface area contributed by atoms with Crippen LogP contribution in [0.5, 0.6) is 0 Å². The van der Waals surface area contributed by atoms with E-state index in [4.69, 9.17) is 16.3 Å². The minimum atomic E-state index is 0.688. The average Bonchev–Trinajstić information content (AvgIpc) is 2.47. The molecule has 0 aliphatic carbocycles. The topological polar surface area (TPSA) is 47.0 Å². The molecule has 20 heavy (non-hydrogen) atoms. The second-order valence-corrected chi connectivity index (χ2v) is 5.57. The lowest BCUT2D eigenvalue weighted by Crippen LogP contribution is -2.18. The monoisotopic (exact) mass is 309 g/mol. The molecule has 1 aromatic heterocycles. The van der Waals surface area contributed by atoms with Crippen LogP contribution in [0.1, 0.15) is 5.56 Å². The van der Waals surface area contributed by atoms with Crippen LogP contribution in [0.25, 0.3) is 0 Å². The third-order valence-corrected chi connectivity index (χ3v) is 3.85.